The third-order valence-electron chi connectivity index (χ3n) is 5.46. The Morgan fingerprint density at radius 3 is 2.58 bits per heavy atom. The van der Waals surface area contributed by atoms with Gasteiger partial charge in [0.15, 0.2) is 0 Å². The molecule has 0 saturated carbocycles. The van der Waals surface area contributed by atoms with Crippen molar-refractivity contribution in [2.24, 2.45) is 0 Å². The van der Waals surface area contributed by atoms with Crippen LogP contribution in [0.15, 0.2) is 83.1 Å². The lowest BCUT2D eigenvalue weighted by atomic mass is 10.0. The van der Waals surface area contributed by atoms with Gasteiger partial charge >= 0.3 is 0 Å². The summed E-state index contributed by atoms with van der Waals surface area (Å²) in [6, 6.07) is 21.8. The average molecular weight is 449 g/mol. The third kappa shape index (κ3) is 3.82. The predicted molar refractivity (Wildman–Crippen MR) is 126 cm³/mol. The average Bonchev–Trinajstić information content (AvgIpc) is 3.32. The molecule has 0 unspecified atom stereocenters. The summed E-state index contributed by atoms with van der Waals surface area (Å²) in [6.07, 6.45) is 1.74. The molecule has 0 radical (unpaired) electrons. The van der Waals surface area contributed by atoms with Crippen molar-refractivity contribution in [1.29, 1.82) is 0 Å². The number of amides is 1. The van der Waals surface area contributed by atoms with E-state index in [4.69, 9.17) is 0 Å². The van der Waals surface area contributed by atoms with Crippen LogP contribution in [0.25, 0.3) is 10.8 Å². The number of thiophene rings is 1. The molecule has 31 heavy (non-hydrogen) atoms. The Morgan fingerprint density at radius 1 is 0.935 bits per heavy atom. The molecule has 1 N–H and O–H groups in total. The van der Waals surface area contributed by atoms with Gasteiger partial charge in [-0.15, -0.1) is 11.3 Å². The number of anilines is 2. The molecule has 1 aliphatic rings. The van der Waals surface area contributed by atoms with Crippen LogP contribution in [0.2, 0.25) is 0 Å². The minimum Gasteiger partial charge on any atom is -0.307 e. The largest absolute Gasteiger partial charge is 0.307 e. The SMILES string of the molecule is O=C(c1cccs1)N1CCCc2ccc(NS(=O)(=O)c3ccc4ccccc4c3)cc21. The molecule has 1 aliphatic heterocycles. The van der Waals surface area contributed by atoms with Crippen LogP contribution in [-0.4, -0.2) is 20.9 Å². The fourth-order valence-electron chi connectivity index (χ4n) is 3.93. The van der Waals surface area contributed by atoms with Crippen molar-refractivity contribution in [3.8, 4) is 0 Å². The van der Waals surface area contributed by atoms with E-state index in [0.29, 0.717) is 17.1 Å². The molecule has 1 amide bonds. The Labute approximate surface area is 185 Å². The molecule has 0 aliphatic carbocycles. The van der Waals surface area contributed by atoms with E-state index in [1.165, 1.54) is 11.3 Å². The first-order valence-electron chi connectivity index (χ1n) is 10.0. The topological polar surface area (TPSA) is 66.5 Å². The van der Waals surface area contributed by atoms with Gasteiger partial charge in [0.2, 0.25) is 0 Å². The zero-order valence-electron chi connectivity index (χ0n) is 16.6. The van der Waals surface area contributed by atoms with Gasteiger partial charge in [0.25, 0.3) is 15.9 Å². The Morgan fingerprint density at radius 2 is 1.77 bits per heavy atom. The molecule has 5 nitrogen and oxygen atoms in total. The van der Waals surface area contributed by atoms with Crippen LogP contribution in [0, 0.1) is 0 Å². The number of aryl methyl sites for hydroxylation is 1. The van der Waals surface area contributed by atoms with Gasteiger partial charge in [0, 0.05) is 12.2 Å². The van der Waals surface area contributed by atoms with Crippen LogP contribution in [0.3, 0.4) is 0 Å². The molecule has 0 atom stereocenters. The summed E-state index contributed by atoms with van der Waals surface area (Å²) in [5, 5.41) is 3.73. The van der Waals surface area contributed by atoms with Crippen LogP contribution < -0.4 is 9.62 Å². The number of carbonyl (C=O) groups excluding carboxylic acids is 1. The van der Waals surface area contributed by atoms with Gasteiger partial charge in [-0.05, 0) is 64.9 Å². The normalized spacial score (nSPS) is 13.7. The first-order valence-corrected chi connectivity index (χ1v) is 12.4. The minimum atomic E-state index is -3.76. The highest BCUT2D eigenvalue weighted by Crippen LogP contribution is 2.33. The standard InChI is InChI=1S/C24H20N2O3S2/c27-24(23-8-4-14-30-23)26-13-3-7-18-9-11-20(16-22(18)26)25-31(28,29)21-12-10-17-5-1-2-6-19(17)15-21/h1-2,4-6,8-12,14-16,25H,3,7,13H2. The fraction of sp³-hybridized carbons (Fsp3) is 0.125. The molecule has 156 valence electrons. The first kappa shape index (κ1) is 19.8. The number of carbonyl (C=O) groups is 1. The van der Waals surface area contributed by atoms with Crippen LogP contribution in [0.5, 0.6) is 0 Å². The number of rotatable bonds is 4. The maximum absolute atomic E-state index is 13.0. The van der Waals surface area contributed by atoms with E-state index in [2.05, 4.69) is 4.72 Å². The van der Waals surface area contributed by atoms with E-state index in [0.717, 1.165) is 34.9 Å². The smallest absolute Gasteiger partial charge is 0.268 e. The van der Waals surface area contributed by atoms with E-state index in [1.54, 1.807) is 35.2 Å². The quantitative estimate of drug-likeness (QED) is 0.461. The van der Waals surface area contributed by atoms with Crippen LogP contribution in [0.4, 0.5) is 11.4 Å². The molecule has 3 aromatic carbocycles. The molecule has 2 heterocycles. The summed E-state index contributed by atoms with van der Waals surface area (Å²) in [7, 11) is -3.76. The lowest BCUT2D eigenvalue weighted by Crippen LogP contribution is -2.35. The third-order valence-corrected chi connectivity index (χ3v) is 7.70. The highest BCUT2D eigenvalue weighted by Gasteiger charge is 2.25. The van der Waals surface area contributed by atoms with Crippen molar-refractivity contribution in [2.45, 2.75) is 17.7 Å². The van der Waals surface area contributed by atoms with E-state index in [1.807, 2.05) is 47.8 Å². The number of sulfonamides is 1. The Balaban J connectivity index is 1.47. The Hall–Kier alpha value is -3.16. The van der Waals surface area contributed by atoms with E-state index in [-0.39, 0.29) is 10.8 Å². The molecule has 7 heteroatoms. The molecule has 0 spiro atoms. The highest BCUT2D eigenvalue weighted by molar-refractivity contribution is 7.92. The van der Waals surface area contributed by atoms with Gasteiger partial charge in [-0.1, -0.05) is 42.5 Å². The summed E-state index contributed by atoms with van der Waals surface area (Å²) < 4.78 is 28.7. The van der Waals surface area contributed by atoms with Crippen molar-refractivity contribution in [2.75, 3.05) is 16.2 Å². The summed E-state index contributed by atoms with van der Waals surface area (Å²) in [5.41, 5.74) is 2.26. The highest BCUT2D eigenvalue weighted by atomic mass is 32.2. The number of benzene rings is 3. The summed E-state index contributed by atoms with van der Waals surface area (Å²) >= 11 is 1.41. The zero-order chi connectivity index (χ0) is 21.4. The Bertz CT molecular complexity index is 1380. The maximum atomic E-state index is 13.0. The first-order chi connectivity index (χ1) is 15.0. The second-order valence-corrected chi connectivity index (χ2v) is 10.1. The second kappa shape index (κ2) is 7.83. The minimum absolute atomic E-state index is 0.0505. The maximum Gasteiger partial charge on any atom is 0.268 e. The lowest BCUT2D eigenvalue weighted by Gasteiger charge is -2.29. The van der Waals surface area contributed by atoms with Crippen molar-refractivity contribution >= 4 is 49.4 Å². The van der Waals surface area contributed by atoms with Crippen molar-refractivity contribution in [1.82, 2.24) is 0 Å². The summed E-state index contributed by atoms with van der Waals surface area (Å²) in [6.45, 7) is 0.616. The van der Waals surface area contributed by atoms with E-state index < -0.39 is 10.0 Å². The van der Waals surface area contributed by atoms with Crippen molar-refractivity contribution in [3.05, 3.63) is 88.6 Å². The van der Waals surface area contributed by atoms with Gasteiger partial charge in [-0.2, -0.15) is 0 Å². The van der Waals surface area contributed by atoms with Crippen LogP contribution in [-0.2, 0) is 16.4 Å². The van der Waals surface area contributed by atoms with Crippen LogP contribution in [0.1, 0.15) is 21.7 Å². The van der Waals surface area contributed by atoms with Gasteiger partial charge in [-0.25, -0.2) is 8.42 Å². The molecule has 5 rings (SSSR count). The molecule has 0 fully saturated rings. The predicted octanol–water partition coefficient (Wildman–Crippen LogP) is 5.30. The van der Waals surface area contributed by atoms with Gasteiger partial charge in [0.1, 0.15) is 0 Å². The van der Waals surface area contributed by atoms with E-state index >= 15 is 0 Å². The zero-order valence-corrected chi connectivity index (χ0v) is 18.2. The van der Waals surface area contributed by atoms with E-state index in [9.17, 15) is 13.2 Å². The van der Waals surface area contributed by atoms with Crippen molar-refractivity contribution in [3.63, 3.8) is 0 Å². The molecule has 0 bridgehead atoms. The number of nitrogens with zero attached hydrogens (tertiary/aromatic N) is 1. The summed E-state index contributed by atoms with van der Waals surface area (Å²) in [4.78, 5) is 15.6. The number of hydrogen-bond donors (Lipinski definition) is 1. The van der Waals surface area contributed by atoms with Gasteiger partial charge in [0.05, 0.1) is 15.5 Å². The molecular formula is C24H20N2O3S2. The second-order valence-electron chi connectivity index (χ2n) is 7.50. The molecular weight excluding hydrogens is 428 g/mol. The summed E-state index contributed by atoms with van der Waals surface area (Å²) in [5.74, 6) is -0.0505. The number of hydrogen-bond acceptors (Lipinski definition) is 4. The van der Waals surface area contributed by atoms with Crippen LogP contribution >= 0.6 is 11.3 Å². The number of nitrogens with one attached hydrogen (secondary N) is 1. The molecule has 0 saturated heterocycles. The number of fused-ring (bicyclic) bond motifs is 2. The van der Waals surface area contributed by atoms with Gasteiger partial charge in [-0.3, -0.25) is 9.52 Å². The lowest BCUT2D eigenvalue weighted by molar-refractivity contribution is 0.0989. The molecule has 4 aromatic rings. The molecule has 1 aromatic heterocycles. The van der Waals surface area contributed by atoms with Gasteiger partial charge < -0.3 is 4.90 Å². The fourth-order valence-corrected chi connectivity index (χ4v) is 5.69. The monoisotopic (exact) mass is 448 g/mol. The Kier molecular flexibility index (Phi) is 5.00. The van der Waals surface area contributed by atoms with Crippen molar-refractivity contribution < 1.29 is 13.2 Å².